The molecule has 2 heterocycles. The van der Waals surface area contributed by atoms with Crippen molar-refractivity contribution in [2.24, 2.45) is 16.8 Å². The van der Waals surface area contributed by atoms with Crippen LogP contribution in [-0.4, -0.2) is 24.3 Å². The number of ether oxygens (including phenoxy) is 2. The fourth-order valence-corrected chi connectivity index (χ4v) is 2.43. The third-order valence-corrected chi connectivity index (χ3v) is 3.56. The van der Waals surface area contributed by atoms with Gasteiger partial charge in [0, 0.05) is 6.92 Å². The predicted octanol–water partition coefficient (Wildman–Crippen LogP) is 2.21. The molecule has 2 rings (SSSR count). The monoisotopic (exact) mass is 197 g/mol. The van der Waals surface area contributed by atoms with Crippen LogP contribution in [0.3, 0.4) is 0 Å². The lowest BCUT2D eigenvalue weighted by Gasteiger charge is -2.39. The van der Waals surface area contributed by atoms with Crippen molar-refractivity contribution in [2.75, 3.05) is 0 Å². The molecule has 3 unspecified atom stereocenters. The van der Waals surface area contributed by atoms with E-state index in [-0.39, 0.29) is 12.3 Å². The quantitative estimate of drug-likeness (QED) is 0.645. The summed E-state index contributed by atoms with van der Waals surface area (Å²) in [6, 6.07) is 0.216. The summed E-state index contributed by atoms with van der Waals surface area (Å²) in [6.07, 6.45) is 1.26. The molecule has 1 fully saturated rings. The van der Waals surface area contributed by atoms with Gasteiger partial charge in [0.2, 0.25) is 6.29 Å². The molecule has 0 bridgehead atoms. The average molecular weight is 197 g/mol. The van der Waals surface area contributed by atoms with Crippen molar-refractivity contribution in [1.82, 2.24) is 0 Å². The zero-order valence-corrected chi connectivity index (χ0v) is 9.36. The highest BCUT2D eigenvalue weighted by atomic mass is 16.7. The van der Waals surface area contributed by atoms with Crippen molar-refractivity contribution in [1.29, 1.82) is 0 Å². The largest absolute Gasteiger partial charge is 0.450 e. The van der Waals surface area contributed by atoms with Crippen LogP contribution < -0.4 is 0 Å². The van der Waals surface area contributed by atoms with Crippen LogP contribution >= 0.6 is 0 Å². The van der Waals surface area contributed by atoms with E-state index in [1.165, 1.54) is 0 Å². The smallest absolute Gasteiger partial charge is 0.224 e. The SMILES string of the molecule is CCC1O[C@H]2OC(C)=NC2[C@@H](C)C1C. The van der Waals surface area contributed by atoms with E-state index in [2.05, 4.69) is 25.8 Å². The zero-order chi connectivity index (χ0) is 10.3. The zero-order valence-electron chi connectivity index (χ0n) is 9.36. The first-order chi connectivity index (χ1) is 6.63. The topological polar surface area (TPSA) is 30.8 Å². The van der Waals surface area contributed by atoms with Gasteiger partial charge in [-0.1, -0.05) is 20.8 Å². The summed E-state index contributed by atoms with van der Waals surface area (Å²) in [7, 11) is 0. The molecule has 1 saturated heterocycles. The maximum absolute atomic E-state index is 5.88. The second-order valence-corrected chi connectivity index (χ2v) is 4.43. The van der Waals surface area contributed by atoms with Gasteiger partial charge in [-0.3, -0.25) is 0 Å². The van der Waals surface area contributed by atoms with Crippen molar-refractivity contribution in [3.63, 3.8) is 0 Å². The summed E-state index contributed by atoms with van der Waals surface area (Å²) in [5.41, 5.74) is 0. The van der Waals surface area contributed by atoms with E-state index in [0.29, 0.717) is 17.9 Å². The molecule has 2 aliphatic heterocycles. The number of rotatable bonds is 1. The van der Waals surface area contributed by atoms with Crippen LogP contribution in [0.5, 0.6) is 0 Å². The molecule has 0 spiro atoms. The summed E-state index contributed by atoms with van der Waals surface area (Å²) in [4.78, 5) is 4.48. The molecule has 0 radical (unpaired) electrons. The van der Waals surface area contributed by atoms with Gasteiger partial charge >= 0.3 is 0 Å². The Hall–Kier alpha value is -0.570. The van der Waals surface area contributed by atoms with Gasteiger partial charge in [-0.25, -0.2) is 4.99 Å². The molecule has 2 aliphatic rings. The fraction of sp³-hybridized carbons (Fsp3) is 0.909. The maximum Gasteiger partial charge on any atom is 0.224 e. The number of nitrogens with zero attached hydrogens (tertiary/aromatic N) is 1. The molecule has 5 atom stereocenters. The lowest BCUT2D eigenvalue weighted by Crippen LogP contribution is -2.46. The summed E-state index contributed by atoms with van der Waals surface area (Å²) < 4.78 is 11.4. The number of fused-ring (bicyclic) bond motifs is 1. The van der Waals surface area contributed by atoms with E-state index >= 15 is 0 Å². The van der Waals surface area contributed by atoms with E-state index < -0.39 is 0 Å². The molecule has 0 aromatic heterocycles. The van der Waals surface area contributed by atoms with Gasteiger partial charge in [0.15, 0.2) is 5.90 Å². The van der Waals surface area contributed by atoms with E-state index in [1.807, 2.05) is 6.92 Å². The first kappa shape index (κ1) is 9.97. The molecule has 0 aromatic rings. The second-order valence-electron chi connectivity index (χ2n) is 4.43. The summed E-state index contributed by atoms with van der Waals surface area (Å²) in [6.45, 7) is 8.56. The Labute approximate surface area is 85.5 Å². The number of aliphatic imine (C=N–C) groups is 1. The van der Waals surface area contributed by atoms with Gasteiger partial charge in [-0.05, 0) is 18.3 Å². The lowest BCUT2D eigenvalue weighted by atomic mass is 9.82. The minimum Gasteiger partial charge on any atom is -0.450 e. The number of hydrogen-bond donors (Lipinski definition) is 0. The van der Waals surface area contributed by atoms with Crippen LogP contribution in [0.25, 0.3) is 0 Å². The Bertz CT molecular complexity index is 252. The van der Waals surface area contributed by atoms with Crippen LogP contribution in [0.2, 0.25) is 0 Å². The Morgan fingerprint density at radius 3 is 2.64 bits per heavy atom. The Morgan fingerprint density at radius 2 is 2.00 bits per heavy atom. The summed E-state index contributed by atoms with van der Waals surface area (Å²) in [5.74, 6) is 1.89. The first-order valence-electron chi connectivity index (χ1n) is 5.50. The third-order valence-electron chi connectivity index (χ3n) is 3.56. The molecule has 0 amide bonds. The highest BCUT2D eigenvalue weighted by Gasteiger charge is 2.44. The molecule has 80 valence electrons. The van der Waals surface area contributed by atoms with Crippen molar-refractivity contribution in [3.05, 3.63) is 0 Å². The van der Waals surface area contributed by atoms with Crippen molar-refractivity contribution in [2.45, 2.75) is 52.6 Å². The van der Waals surface area contributed by atoms with Crippen LogP contribution in [0.15, 0.2) is 4.99 Å². The first-order valence-corrected chi connectivity index (χ1v) is 5.50. The molecular weight excluding hydrogens is 178 g/mol. The second kappa shape index (κ2) is 3.54. The van der Waals surface area contributed by atoms with E-state index in [1.54, 1.807) is 0 Å². The molecular formula is C11H19NO2. The summed E-state index contributed by atoms with van der Waals surface area (Å²) in [5, 5.41) is 0. The molecule has 0 N–H and O–H groups in total. The maximum atomic E-state index is 5.88. The molecule has 0 saturated carbocycles. The van der Waals surface area contributed by atoms with Gasteiger partial charge in [-0.15, -0.1) is 0 Å². The van der Waals surface area contributed by atoms with Crippen LogP contribution in [0.1, 0.15) is 34.1 Å². The Balaban J connectivity index is 2.14. The molecule has 3 nitrogen and oxygen atoms in total. The standard InChI is InChI=1S/C11H19NO2/c1-5-9-6(2)7(3)10-11(14-9)13-8(4)12-10/h6-7,9-11H,5H2,1-4H3/t6?,7-,9?,10?,11+/m0/s1. The lowest BCUT2D eigenvalue weighted by molar-refractivity contribution is -0.186. The van der Waals surface area contributed by atoms with E-state index in [4.69, 9.17) is 9.47 Å². The van der Waals surface area contributed by atoms with Crippen molar-refractivity contribution in [3.8, 4) is 0 Å². The van der Waals surface area contributed by atoms with Crippen LogP contribution in [0, 0.1) is 11.8 Å². The van der Waals surface area contributed by atoms with Crippen LogP contribution in [0.4, 0.5) is 0 Å². The van der Waals surface area contributed by atoms with Gasteiger partial charge in [-0.2, -0.15) is 0 Å². The van der Waals surface area contributed by atoms with Crippen molar-refractivity contribution < 1.29 is 9.47 Å². The van der Waals surface area contributed by atoms with Gasteiger partial charge in [0.05, 0.1) is 6.10 Å². The van der Waals surface area contributed by atoms with E-state index in [0.717, 1.165) is 12.3 Å². The predicted molar refractivity (Wildman–Crippen MR) is 55.3 cm³/mol. The molecule has 14 heavy (non-hydrogen) atoms. The molecule has 0 aliphatic carbocycles. The Kier molecular flexibility index (Phi) is 2.52. The fourth-order valence-electron chi connectivity index (χ4n) is 2.43. The van der Waals surface area contributed by atoms with Gasteiger partial charge in [0.25, 0.3) is 0 Å². The average Bonchev–Trinajstić information content (AvgIpc) is 2.52. The van der Waals surface area contributed by atoms with Gasteiger partial charge in [0.1, 0.15) is 6.04 Å². The number of hydrogen-bond acceptors (Lipinski definition) is 3. The van der Waals surface area contributed by atoms with Crippen molar-refractivity contribution >= 4 is 5.90 Å². The summed E-state index contributed by atoms with van der Waals surface area (Å²) >= 11 is 0. The van der Waals surface area contributed by atoms with Crippen LogP contribution in [-0.2, 0) is 9.47 Å². The van der Waals surface area contributed by atoms with Gasteiger partial charge < -0.3 is 9.47 Å². The highest BCUT2D eigenvalue weighted by molar-refractivity contribution is 5.75. The molecule has 3 heteroatoms. The normalized spacial score (nSPS) is 46.9. The molecule has 0 aromatic carbocycles. The third kappa shape index (κ3) is 1.44. The minimum atomic E-state index is -0.119. The highest BCUT2D eigenvalue weighted by Crippen LogP contribution is 2.36. The van der Waals surface area contributed by atoms with E-state index in [9.17, 15) is 0 Å². The Morgan fingerprint density at radius 1 is 1.29 bits per heavy atom. The minimum absolute atomic E-state index is 0.119.